The lowest BCUT2D eigenvalue weighted by atomic mass is 9.47. The Bertz CT molecular complexity index is 666. The Kier molecular flexibility index (Phi) is 4.09. The Morgan fingerprint density at radius 2 is 1.65 bits per heavy atom. The van der Waals surface area contributed by atoms with Gasteiger partial charge < -0.3 is 0 Å². The summed E-state index contributed by atoms with van der Waals surface area (Å²) in [5.74, 6) is 2.76. The number of hydrazone groups is 1. The summed E-state index contributed by atoms with van der Waals surface area (Å²) in [7, 11) is 0. The number of hydrogen-bond donors (Lipinski definition) is 3. The number of benzene rings is 1. The average molecular weight is 352 g/mol. The molecule has 26 heavy (non-hydrogen) atoms. The van der Waals surface area contributed by atoms with Crippen LogP contribution in [-0.2, 0) is 4.79 Å². The van der Waals surface area contributed by atoms with Crippen molar-refractivity contribution >= 4 is 12.1 Å². The van der Waals surface area contributed by atoms with Gasteiger partial charge in [0.2, 0.25) is 0 Å². The van der Waals surface area contributed by atoms with E-state index in [1.165, 1.54) is 38.5 Å². The van der Waals surface area contributed by atoms with Crippen molar-refractivity contribution in [2.45, 2.75) is 57.0 Å². The van der Waals surface area contributed by atoms with Crippen molar-refractivity contribution < 1.29 is 4.79 Å². The van der Waals surface area contributed by atoms with Gasteiger partial charge in [0, 0.05) is 6.04 Å². The molecule has 138 valence electrons. The first-order valence-electron chi connectivity index (χ1n) is 10.1. The topological polar surface area (TPSA) is 65.5 Å². The van der Waals surface area contributed by atoms with E-state index in [-0.39, 0.29) is 11.9 Å². The smallest absolute Gasteiger partial charge is 0.258 e. The van der Waals surface area contributed by atoms with Gasteiger partial charge in [-0.25, -0.2) is 10.9 Å². The predicted molar refractivity (Wildman–Crippen MR) is 101 cm³/mol. The van der Waals surface area contributed by atoms with Crippen LogP contribution >= 0.6 is 0 Å². The molecule has 5 nitrogen and oxygen atoms in total. The first-order valence-corrected chi connectivity index (χ1v) is 10.1. The molecular weight excluding hydrogens is 324 g/mol. The maximum atomic E-state index is 12.5. The molecule has 0 spiro atoms. The molecule has 5 heteroatoms. The number of nitrogens with zero attached hydrogens (tertiary/aromatic N) is 1. The van der Waals surface area contributed by atoms with E-state index in [9.17, 15) is 4.79 Å². The van der Waals surface area contributed by atoms with Crippen LogP contribution in [0.3, 0.4) is 0 Å². The van der Waals surface area contributed by atoms with E-state index in [4.69, 9.17) is 0 Å². The van der Waals surface area contributed by atoms with E-state index in [1.807, 2.05) is 30.3 Å². The standard InChI is InChI=1S/C21H28N4O/c26-20(25-22-13-14-4-2-1-3-5-14)18-9-19(24-23-18)21-10-15-6-16(11-21)8-17(7-15)12-21/h1-5,13,15-19,23-24H,6-12H2,(H,25,26)/b22-13+. The molecular formula is C21H28N4O. The summed E-state index contributed by atoms with van der Waals surface area (Å²) < 4.78 is 0. The highest BCUT2D eigenvalue weighted by atomic mass is 16.2. The first-order chi connectivity index (χ1) is 12.7. The minimum atomic E-state index is -0.194. The third-order valence-electron chi connectivity index (χ3n) is 7.23. The molecule has 1 aliphatic heterocycles. The second-order valence-corrected chi connectivity index (χ2v) is 9.05. The highest BCUT2D eigenvalue weighted by Crippen LogP contribution is 2.61. The van der Waals surface area contributed by atoms with Gasteiger partial charge in [-0.2, -0.15) is 5.10 Å². The van der Waals surface area contributed by atoms with Gasteiger partial charge in [-0.3, -0.25) is 10.2 Å². The third kappa shape index (κ3) is 2.97. The maximum absolute atomic E-state index is 12.5. The molecule has 0 aromatic heterocycles. The van der Waals surface area contributed by atoms with Gasteiger partial charge in [0.1, 0.15) is 6.04 Å². The number of rotatable bonds is 4. The fraction of sp³-hybridized carbons (Fsp3) is 0.619. The quantitative estimate of drug-likeness (QED) is 0.576. The summed E-state index contributed by atoms with van der Waals surface area (Å²) in [6, 6.07) is 10.0. The summed E-state index contributed by atoms with van der Waals surface area (Å²) in [4.78, 5) is 12.5. The number of carbonyl (C=O) groups excluding carboxylic acids is 1. The third-order valence-corrected chi connectivity index (χ3v) is 7.23. The largest absolute Gasteiger partial charge is 0.271 e. The lowest BCUT2D eigenvalue weighted by Crippen LogP contribution is -2.55. The number of hydrogen-bond acceptors (Lipinski definition) is 4. The van der Waals surface area contributed by atoms with Crippen LogP contribution in [-0.4, -0.2) is 24.2 Å². The molecule has 4 saturated carbocycles. The zero-order valence-electron chi connectivity index (χ0n) is 15.2. The molecule has 1 aromatic carbocycles. The van der Waals surface area contributed by atoms with Crippen LogP contribution in [0, 0.1) is 23.2 Å². The van der Waals surface area contributed by atoms with Crippen LogP contribution in [0.2, 0.25) is 0 Å². The first kappa shape index (κ1) is 16.5. The normalized spacial score (nSPS) is 41.0. The molecule has 5 aliphatic rings. The van der Waals surface area contributed by atoms with Crippen LogP contribution in [0.25, 0.3) is 0 Å². The lowest BCUT2D eigenvalue weighted by molar-refractivity contribution is -0.123. The van der Waals surface area contributed by atoms with Gasteiger partial charge in [0.25, 0.3) is 5.91 Å². The summed E-state index contributed by atoms with van der Waals surface area (Å²) in [6.07, 6.45) is 11.0. The Hall–Kier alpha value is -1.72. The van der Waals surface area contributed by atoms with Crippen LogP contribution < -0.4 is 16.3 Å². The van der Waals surface area contributed by atoms with Crippen LogP contribution in [0.4, 0.5) is 0 Å². The number of amides is 1. The van der Waals surface area contributed by atoms with Crippen LogP contribution in [0.15, 0.2) is 35.4 Å². The Morgan fingerprint density at radius 1 is 1.00 bits per heavy atom. The molecule has 4 aliphatic carbocycles. The fourth-order valence-electron chi connectivity index (χ4n) is 6.52. The van der Waals surface area contributed by atoms with Gasteiger partial charge in [-0.05, 0) is 73.7 Å². The van der Waals surface area contributed by atoms with Crippen molar-refractivity contribution in [2.24, 2.45) is 28.3 Å². The molecule has 1 heterocycles. The van der Waals surface area contributed by atoms with Gasteiger partial charge in [0.05, 0.1) is 6.21 Å². The minimum absolute atomic E-state index is 0.0445. The predicted octanol–water partition coefficient (Wildman–Crippen LogP) is 2.59. The monoisotopic (exact) mass is 352 g/mol. The molecule has 3 N–H and O–H groups in total. The van der Waals surface area contributed by atoms with Crippen LogP contribution in [0.5, 0.6) is 0 Å². The molecule has 2 unspecified atom stereocenters. The van der Waals surface area contributed by atoms with E-state index in [2.05, 4.69) is 21.4 Å². The summed E-state index contributed by atoms with van der Waals surface area (Å²) in [5, 5.41) is 4.11. The Morgan fingerprint density at radius 3 is 2.31 bits per heavy atom. The number of hydrazine groups is 1. The van der Waals surface area contributed by atoms with Crippen molar-refractivity contribution in [3.63, 3.8) is 0 Å². The molecule has 5 fully saturated rings. The maximum Gasteiger partial charge on any atom is 0.258 e. The Balaban J connectivity index is 1.20. The molecule has 6 rings (SSSR count). The molecule has 4 bridgehead atoms. The SMILES string of the molecule is O=C(N/N=C/c1ccccc1)C1CC(C23CC4CC(CC(C4)C2)C3)NN1. The summed E-state index contributed by atoms with van der Waals surface area (Å²) >= 11 is 0. The van der Waals surface area contributed by atoms with Crippen molar-refractivity contribution in [3.05, 3.63) is 35.9 Å². The second kappa shape index (κ2) is 6.46. The van der Waals surface area contributed by atoms with Gasteiger partial charge in [0.15, 0.2) is 0 Å². The van der Waals surface area contributed by atoms with Crippen molar-refractivity contribution in [2.75, 3.05) is 0 Å². The average Bonchev–Trinajstić information content (AvgIpc) is 3.13. The fourth-order valence-corrected chi connectivity index (χ4v) is 6.52. The van der Waals surface area contributed by atoms with E-state index in [1.54, 1.807) is 6.21 Å². The van der Waals surface area contributed by atoms with E-state index in [0.29, 0.717) is 11.5 Å². The van der Waals surface area contributed by atoms with Crippen molar-refractivity contribution in [1.29, 1.82) is 0 Å². The lowest BCUT2D eigenvalue weighted by Gasteiger charge is -2.59. The number of nitrogens with one attached hydrogen (secondary N) is 3. The van der Waals surface area contributed by atoms with E-state index < -0.39 is 0 Å². The highest BCUT2D eigenvalue weighted by Gasteiger charge is 2.55. The summed E-state index contributed by atoms with van der Waals surface area (Å²) in [6.45, 7) is 0. The van der Waals surface area contributed by atoms with Crippen molar-refractivity contribution in [3.8, 4) is 0 Å². The van der Waals surface area contributed by atoms with Gasteiger partial charge >= 0.3 is 0 Å². The van der Waals surface area contributed by atoms with E-state index >= 15 is 0 Å². The van der Waals surface area contributed by atoms with Gasteiger partial charge in [-0.15, -0.1) is 0 Å². The molecule has 1 saturated heterocycles. The number of carbonyl (C=O) groups is 1. The molecule has 0 radical (unpaired) electrons. The van der Waals surface area contributed by atoms with E-state index in [0.717, 1.165) is 29.7 Å². The zero-order chi connectivity index (χ0) is 17.6. The molecule has 1 amide bonds. The zero-order valence-corrected chi connectivity index (χ0v) is 15.2. The van der Waals surface area contributed by atoms with Crippen molar-refractivity contribution in [1.82, 2.24) is 16.3 Å². The highest BCUT2D eigenvalue weighted by molar-refractivity contribution is 5.85. The summed E-state index contributed by atoms with van der Waals surface area (Å²) in [5.41, 5.74) is 10.8. The Labute approximate surface area is 155 Å². The molecule has 2 atom stereocenters. The second-order valence-electron chi connectivity index (χ2n) is 9.05. The van der Waals surface area contributed by atoms with Gasteiger partial charge in [-0.1, -0.05) is 30.3 Å². The molecule has 1 aromatic rings. The minimum Gasteiger partial charge on any atom is -0.271 e. The van der Waals surface area contributed by atoms with Crippen LogP contribution in [0.1, 0.15) is 50.5 Å².